The number of aromatic nitrogens is 1. The number of carboxylic acids is 1. The maximum absolute atomic E-state index is 10.3. The Kier molecular flexibility index (Phi) is 2.40. The summed E-state index contributed by atoms with van der Waals surface area (Å²) >= 11 is 0. The number of rotatable bonds is 2. The van der Waals surface area contributed by atoms with Crippen LogP contribution in [-0.4, -0.2) is 21.2 Å². The van der Waals surface area contributed by atoms with Gasteiger partial charge < -0.3 is 10.2 Å². The SMILES string of the molecule is Cc1ccnc(C(O)C(=O)O)c1. The molecule has 1 atom stereocenters. The number of aliphatic hydroxyl groups is 1. The zero-order valence-electron chi connectivity index (χ0n) is 6.56. The van der Waals surface area contributed by atoms with Gasteiger partial charge >= 0.3 is 5.97 Å². The molecule has 0 aliphatic rings. The van der Waals surface area contributed by atoms with Crippen molar-refractivity contribution in [3.63, 3.8) is 0 Å². The molecule has 1 heterocycles. The Morgan fingerprint density at radius 3 is 2.83 bits per heavy atom. The fraction of sp³-hybridized carbons (Fsp3) is 0.250. The number of carbonyl (C=O) groups is 1. The van der Waals surface area contributed by atoms with Gasteiger partial charge in [0.1, 0.15) is 0 Å². The number of pyridine rings is 1. The smallest absolute Gasteiger partial charge is 0.338 e. The van der Waals surface area contributed by atoms with E-state index in [4.69, 9.17) is 10.2 Å². The molecule has 1 aromatic heterocycles. The minimum Gasteiger partial charge on any atom is -0.479 e. The summed E-state index contributed by atoms with van der Waals surface area (Å²) in [7, 11) is 0. The predicted molar refractivity (Wildman–Crippen MR) is 41.6 cm³/mol. The predicted octanol–water partition coefficient (Wildman–Crippen LogP) is 0.508. The van der Waals surface area contributed by atoms with Gasteiger partial charge in [0.25, 0.3) is 0 Å². The van der Waals surface area contributed by atoms with Gasteiger partial charge in [0, 0.05) is 6.20 Å². The summed E-state index contributed by atoms with van der Waals surface area (Å²) in [5.41, 5.74) is 1.04. The van der Waals surface area contributed by atoms with Crippen molar-refractivity contribution < 1.29 is 15.0 Å². The van der Waals surface area contributed by atoms with Crippen LogP contribution in [0.3, 0.4) is 0 Å². The topological polar surface area (TPSA) is 70.4 Å². The summed E-state index contributed by atoms with van der Waals surface area (Å²) in [6.07, 6.45) is -0.0542. The Balaban J connectivity index is 2.95. The van der Waals surface area contributed by atoms with Gasteiger partial charge in [0.05, 0.1) is 5.69 Å². The molecule has 0 spiro atoms. The molecule has 0 bridgehead atoms. The zero-order valence-corrected chi connectivity index (χ0v) is 6.56. The zero-order chi connectivity index (χ0) is 9.14. The summed E-state index contributed by atoms with van der Waals surface area (Å²) in [6, 6.07) is 3.27. The number of nitrogens with zero attached hydrogens (tertiary/aromatic N) is 1. The highest BCUT2D eigenvalue weighted by molar-refractivity contribution is 5.73. The van der Waals surface area contributed by atoms with Gasteiger partial charge in [-0.2, -0.15) is 0 Å². The number of hydrogen-bond donors (Lipinski definition) is 2. The summed E-state index contributed by atoms with van der Waals surface area (Å²) in [4.78, 5) is 14.1. The highest BCUT2D eigenvalue weighted by Gasteiger charge is 2.16. The van der Waals surface area contributed by atoms with E-state index >= 15 is 0 Å². The van der Waals surface area contributed by atoms with Crippen LogP contribution in [0.15, 0.2) is 18.3 Å². The number of aliphatic carboxylic acids is 1. The molecule has 2 N–H and O–H groups in total. The molecule has 4 nitrogen and oxygen atoms in total. The quantitative estimate of drug-likeness (QED) is 0.673. The first kappa shape index (κ1) is 8.67. The lowest BCUT2D eigenvalue weighted by molar-refractivity contribution is -0.147. The van der Waals surface area contributed by atoms with E-state index in [9.17, 15) is 4.79 Å². The van der Waals surface area contributed by atoms with Gasteiger partial charge in [-0.1, -0.05) is 0 Å². The summed E-state index contributed by atoms with van der Waals surface area (Å²) in [5, 5.41) is 17.5. The Hall–Kier alpha value is -1.42. The van der Waals surface area contributed by atoms with Crippen molar-refractivity contribution in [3.05, 3.63) is 29.6 Å². The fourth-order valence-electron chi connectivity index (χ4n) is 0.836. The molecular formula is C8H9NO3. The van der Waals surface area contributed by atoms with Crippen molar-refractivity contribution in [3.8, 4) is 0 Å². The number of hydrogen-bond acceptors (Lipinski definition) is 3. The van der Waals surface area contributed by atoms with Crippen LogP contribution >= 0.6 is 0 Å². The van der Waals surface area contributed by atoms with Crippen LogP contribution in [0.1, 0.15) is 17.4 Å². The second kappa shape index (κ2) is 3.32. The Morgan fingerprint density at radius 1 is 1.67 bits per heavy atom. The third-order valence-electron chi connectivity index (χ3n) is 1.45. The summed E-state index contributed by atoms with van der Waals surface area (Å²) < 4.78 is 0. The average Bonchev–Trinajstić information content (AvgIpc) is 2.03. The molecule has 1 rings (SSSR count). The van der Waals surface area contributed by atoms with Gasteiger partial charge in [-0.3, -0.25) is 4.98 Å². The van der Waals surface area contributed by atoms with Crippen LogP contribution in [0.2, 0.25) is 0 Å². The van der Waals surface area contributed by atoms with Crippen molar-refractivity contribution in [1.82, 2.24) is 4.98 Å². The maximum atomic E-state index is 10.3. The minimum absolute atomic E-state index is 0.169. The van der Waals surface area contributed by atoms with E-state index in [1.807, 2.05) is 0 Å². The second-order valence-corrected chi connectivity index (χ2v) is 2.50. The monoisotopic (exact) mass is 167 g/mol. The van der Waals surface area contributed by atoms with Gasteiger partial charge in [-0.25, -0.2) is 4.79 Å². The van der Waals surface area contributed by atoms with E-state index in [0.717, 1.165) is 5.56 Å². The van der Waals surface area contributed by atoms with E-state index in [2.05, 4.69) is 4.98 Å². The highest BCUT2D eigenvalue weighted by Crippen LogP contribution is 2.10. The van der Waals surface area contributed by atoms with Crippen molar-refractivity contribution in [1.29, 1.82) is 0 Å². The molecule has 0 radical (unpaired) electrons. The van der Waals surface area contributed by atoms with Crippen molar-refractivity contribution in [2.24, 2.45) is 0 Å². The molecule has 4 heteroatoms. The molecule has 64 valence electrons. The number of aryl methyl sites for hydroxylation is 1. The van der Waals surface area contributed by atoms with Crippen LogP contribution in [0.4, 0.5) is 0 Å². The lowest BCUT2D eigenvalue weighted by Crippen LogP contribution is -2.11. The van der Waals surface area contributed by atoms with Gasteiger partial charge in [-0.15, -0.1) is 0 Å². The normalized spacial score (nSPS) is 12.5. The fourth-order valence-corrected chi connectivity index (χ4v) is 0.836. The third kappa shape index (κ3) is 1.79. The molecule has 0 aliphatic heterocycles. The minimum atomic E-state index is -1.52. The van der Waals surface area contributed by atoms with Crippen LogP contribution in [-0.2, 0) is 4.79 Å². The standard InChI is InChI=1S/C8H9NO3/c1-5-2-3-9-6(4-5)7(10)8(11)12/h2-4,7,10H,1H3,(H,11,12). The van der Waals surface area contributed by atoms with Crippen LogP contribution < -0.4 is 0 Å². The lowest BCUT2D eigenvalue weighted by Gasteiger charge is -2.04. The van der Waals surface area contributed by atoms with Gasteiger partial charge in [0.2, 0.25) is 0 Å². The Labute approximate surface area is 69.5 Å². The second-order valence-electron chi connectivity index (χ2n) is 2.50. The van der Waals surface area contributed by atoms with Crippen molar-refractivity contribution >= 4 is 5.97 Å². The Bertz CT molecular complexity index is 298. The van der Waals surface area contributed by atoms with E-state index in [1.165, 1.54) is 6.20 Å². The van der Waals surface area contributed by atoms with Crippen LogP contribution in [0.5, 0.6) is 0 Å². The van der Waals surface area contributed by atoms with E-state index in [0.29, 0.717) is 0 Å². The first-order valence-electron chi connectivity index (χ1n) is 3.44. The third-order valence-corrected chi connectivity index (χ3v) is 1.45. The largest absolute Gasteiger partial charge is 0.479 e. The Morgan fingerprint density at radius 2 is 2.33 bits per heavy atom. The maximum Gasteiger partial charge on any atom is 0.338 e. The van der Waals surface area contributed by atoms with Crippen LogP contribution in [0, 0.1) is 6.92 Å². The molecule has 0 amide bonds. The number of carboxylic acid groups (broad SMARTS) is 1. The molecular weight excluding hydrogens is 158 g/mol. The summed E-state index contributed by atoms with van der Waals surface area (Å²) in [5.74, 6) is -1.28. The molecule has 1 aromatic rings. The van der Waals surface area contributed by atoms with Crippen molar-refractivity contribution in [2.75, 3.05) is 0 Å². The lowest BCUT2D eigenvalue weighted by atomic mass is 10.2. The number of aliphatic hydroxyl groups excluding tert-OH is 1. The van der Waals surface area contributed by atoms with Gasteiger partial charge in [-0.05, 0) is 24.6 Å². The molecule has 0 fully saturated rings. The van der Waals surface area contributed by atoms with E-state index in [-0.39, 0.29) is 5.69 Å². The summed E-state index contributed by atoms with van der Waals surface area (Å²) in [6.45, 7) is 1.81. The average molecular weight is 167 g/mol. The molecule has 12 heavy (non-hydrogen) atoms. The van der Waals surface area contributed by atoms with Gasteiger partial charge in [0.15, 0.2) is 6.10 Å². The molecule has 1 unspecified atom stereocenters. The van der Waals surface area contributed by atoms with Crippen molar-refractivity contribution in [2.45, 2.75) is 13.0 Å². The van der Waals surface area contributed by atoms with E-state index < -0.39 is 12.1 Å². The van der Waals surface area contributed by atoms with E-state index in [1.54, 1.807) is 19.1 Å². The molecule has 0 saturated heterocycles. The first-order chi connectivity index (χ1) is 5.61. The molecule has 0 aromatic carbocycles. The molecule has 0 aliphatic carbocycles. The highest BCUT2D eigenvalue weighted by atomic mass is 16.4. The van der Waals surface area contributed by atoms with Crippen LogP contribution in [0.25, 0.3) is 0 Å². The molecule has 0 saturated carbocycles. The first-order valence-corrected chi connectivity index (χ1v) is 3.44.